The first-order chi connectivity index (χ1) is 7.95. The molecule has 3 heteroatoms. The zero-order chi connectivity index (χ0) is 11.1. The van der Waals surface area contributed by atoms with Crippen LogP contribution in [-0.4, -0.2) is 32.9 Å². The van der Waals surface area contributed by atoms with Crippen molar-refractivity contribution in [2.24, 2.45) is 5.92 Å². The third kappa shape index (κ3) is 3.83. The Morgan fingerprint density at radius 1 is 1.19 bits per heavy atom. The van der Waals surface area contributed by atoms with Crippen molar-refractivity contribution < 1.29 is 9.47 Å². The van der Waals surface area contributed by atoms with E-state index in [0.29, 0.717) is 19.1 Å². The monoisotopic (exact) mass is 221 g/mol. The summed E-state index contributed by atoms with van der Waals surface area (Å²) in [6.45, 7) is 4.38. The molecule has 0 saturated carbocycles. The summed E-state index contributed by atoms with van der Waals surface area (Å²) in [7, 11) is 0. The molecule has 2 rings (SSSR count). The molecule has 1 aliphatic rings. The minimum atomic E-state index is 0.629. The minimum absolute atomic E-state index is 0.629. The Morgan fingerprint density at radius 3 is 2.81 bits per heavy atom. The molecule has 1 heterocycles. The molecule has 1 N–H and O–H groups in total. The quantitative estimate of drug-likeness (QED) is 0.742. The van der Waals surface area contributed by atoms with E-state index in [4.69, 9.17) is 9.47 Å². The Labute approximate surface area is 96.8 Å². The molecule has 1 fully saturated rings. The summed E-state index contributed by atoms with van der Waals surface area (Å²) >= 11 is 0. The first-order valence-corrected chi connectivity index (χ1v) is 5.91. The molecule has 1 aliphatic heterocycles. The molecule has 0 radical (unpaired) electrons. The summed E-state index contributed by atoms with van der Waals surface area (Å²) < 4.78 is 11.1. The van der Waals surface area contributed by atoms with Gasteiger partial charge in [-0.3, -0.25) is 0 Å². The van der Waals surface area contributed by atoms with Gasteiger partial charge in [-0.2, -0.15) is 0 Å². The molecular formula is C13H19NO2. The fourth-order valence-electron chi connectivity index (χ4n) is 1.84. The van der Waals surface area contributed by atoms with Crippen molar-refractivity contribution in [2.45, 2.75) is 6.42 Å². The molecule has 0 amide bonds. The van der Waals surface area contributed by atoms with Crippen LogP contribution in [0.4, 0.5) is 0 Å². The molecule has 3 nitrogen and oxygen atoms in total. The van der Waals surface area contributed by atoms with Crippen LogP contribution in [0.25, 0.3) is 0 Å². The molecule has 1 aromatic carbocycles. The third-order valence-corrected chi connectivity index (χ3v) is 2.76. The van der Waals surface area contributed by atoms with E-state index in [-0.39, 0.29) is 0 Å². The number of ether oxygens (including phenoxy) is 2. The highest BCUT2D eigenvalue weighted by atomic mass is 16.5. The second kappa shape index (κ2) is 6.51. The third-order valence-electron chi connectivity index (χ3n) is 2.76. The normalized spacial score (nSPS) is 19.9. The van der Waals surface area contributed by atoms with E-state index in [1.165, 1.54) is 6.42 Å². The van der Waals surface area contributed by atoms with Gasteiger partial charge < -0.3 is 14.8 Å². The lowest BCUT2D eigenvalue weighted by atomic mass is 10.1. The fraction of sp³-hybridized carbons (Fsp3) is 0.538. The van der Waals surface area contributed by atoms with Gasteiger partial charge in [0.2, 0.25) is 0 Å². The van der Waals surface area contributed by atoms with E-state index in [1.807, 2.05) is 30.3 Å². The first-order valence-electron chi connectivity index (χ1n) is 5.91. The lowest BCUT2D eigenvalue weighted by molar-refractivity contribution is 0.0783. The Bertz CT molecular complexity index is 283. The Kier molecular flexibility index (Phi) is 4.65. The minimum Gasteiger partial charge on any atom is -0.491 e. The van der Waals surface area contributed by atoms with Gasteiger partial charge in [0, 0.05) is 6.54 Å². The number of rotatable bonds is 6. The molecule has 0 aromatic heterocycles. The van der Waals surface area contributed by atoms with Crippen LogP contribution in [0.5, 0.6) is 5.75 Å². The number of benzene rings is 1. The standard InChI is InChI=1S/C13H19NO2/c1-2-4-13(5-3-1)16-9-8-15-11-12-6-7-14-10-12/h1-5,12,14H,6-11H2/t12-/m0/s1. The van der Waals surface area contributed by atoms with Crippen LogP contribution in [0.15, 0.2) is 30.3 Å². The largest absolute Gasteiger partial charge is 0.491 e. The SMILES string of the molecule is c1ccc(OCCOC[C@H]2CCNC2)cc1. The molecule has 0 aliphatic carbocycles. The highest BCUT2D eigenvalue weighted by molar-refractivity contribution is 5.20. The topological polar surface area (TPSA) is 30.5 Å². The van der Waals surface area contributed by atoms with Gasteiger partial charge in [-0.15, -0.1) is 0 Å². The van der Waals surface area contributed by atoms with Gasteiger partial charge in [-0.25, -0.2) is 0 Å². The molecule has 1 atom stereocenters. The molecule has 88 valence electrons. The van der Waals surface area contributed by atoms with Gasteiger partial charge in [0.1, 0.15) is 12.4 Å². The zero-order valence-electron chi connectivity index (χ0n) is 9.52. The van der Waals surface area contributed by atoms with Crippen molar-refractivity contribution in [1.82, 2.24) is 5.32 Å². The van der Waals surface area contributed by atoms with Crippen molar-refractivity contribution in [1.29, 1.82) is 0 Å². The van der Waals surface area contributed by atoms with Crippen LogP contribution in [0.3, 0.4) is 0 Å². The lowest BCUT2D eigenvalue weighted by Gasteiger charge is -2.10. The van der Waals surface area contributed by atoms with Crippen LogP contribution in [0.1, 0.15) is 6.42 Å². The second-order valence-corrected chi connectivity index (χ2v) is 4.10. The summed E-state index contributed by atoms with van der Waals surface area (Å²) in [5, 5.41) is 3.33. The summed E-state index contributed by atoms with van der Waals surface area (Å²) in [6.07, 6.45) is 1.24. The number of hydrogen-bond donors (Lipinski definition) is 1. The van der Waals surface area contributed by atoms with Crippen LogP contribution < -0.4 is 10.1 Å². The van der Waals surface area contributed by atoms with Crippen molar-refractivity contribution >= 4 is 0 Å². The van der Waals surface area contributed by atoms with Gasteiger partial charge in [0.25, 0.3) is 0 Å². The predicted molar refractivity (Wildman–Crippen MR) is 63.7 cm³/mol. The summed E-state index contributed by atoms with van der Waals surface area (Å²) in [6, 6.07) is 9.85. The van der Waals surface area contributed by atoms with Crippen molar-refractivity contribution in [2.75, 3.05) is 32.9 Å². The average Bonchev–Trinajstić information content (AvgIpc) is 2.83. The maximum Gasteiger partial charge on any atom is 0.119 e. The molecule has 1 aromatic rings. The van der Waals surface area contributed by atoms with Gasteiger partial charge in [-0.1, -0.05) is 18.2 Å². The van der Waals surface area contributed by atoms with Crippen molar-refractivity contribution in [3.05, 3.63) is 30.3 Å². The van der Waals surface area contributed by atoms with Crippen LogP contribution >= 0.6 is 0 Å². The second-order valence-electron chi connectivity index (χ2n) is 4.10. The molecule has 0 unspecified atom stereocenters. The lowest BCUT2D eigenvalue weighted by Crippen LogP contribution is -2.16. The Hall–Kier alpha value is -1.06. The maximum absolute atomic E-state index is 5.57. The molecule has 16 heavy (non-hydrogen) atoms. The van der Waals surface area contributed by atoms with E-state index in [2.05, 4.69) is 5.32 Å². The Morgan fingerprint density at radius 2 is 2.06 bits per heavy atom. The van der Waals surface area contributed by atoms with E-state index >= 15 is 0 Å². The average molecular weight is 221 g/mol. The fourth-order valence-corrected chi connectivity index (χ4v) is 1.84. The summed E-state index contributed by atoms with van der Waals surface area (Å²) in [5.74, 6) is 1.60. The molecular weight excluding hydrogens is 202 g/mol. The highest BCUT2D eigenvalue weighted by Crippen LogP contribution is 2.09. The van der Waals surface area contributed by atoms with Crippen molar-refractivity contribution in [3.63, 3.8) is 0 Å². The van der Waals surface area contributed by atoms with E-state index in [0.717, 1.165) is 25.4 Å². The predicted octanol–water partition coefficient (Wildman–Crippen LogP) is 1.69. The summed E-state index contributed by atoms with van der Waals surface area (Å²) in [4.78, 5) is 0. The Balaban J connectivity index is 1.52. The van der Waals surface area contributed by atoms with Gasteiger partial charge in [-0.05, 0) is 31.0 Å². The smallest absolute Gasteiger partial charge is 0.119 e. The van der Waals surface area contributed by atoms with Crippen LogP contribution in [0, 0.1) is 5.92 Å². The van der Waals surface area contributed by atoms with Crippen molar-refractivity contribution in [3.8, 4) is 5.75 Å². The number of nitrogens with one attached hydrogen (secondary N) is 1. The zero-order valence-corrected chi connectivity index (χ0v) is 9.52. The maximum atomic E-state index is 5.57. The van der Waals surface area contributed by atoms with E-state index in [1.54, 1.807) is 0 Å². The highest BCUT2D eigenvalue weighted by Gasteiger charge is 2.13. The molecule has 0 bridgehead atoms. The number of hydrogen-bond acceptors (Lipinski definition) is 3. The van der Waals surface area contributed by atoms with E-state index in [9.17, 15) is 0 Å². The van der Waals surface area contributed by atoms with Crippen LogP contribution in [-0.2, 0) is 4.74 Å². The summed E-state index contributed by atoms with van der Waals surface area (Å²) in [5.41, 5.74) is 0. The number of para-hydroxylation sites is 1. The van der Waals surface area contributed by atoms with Gasteiger partial charge >= 0.3 is 0 Å². The van der Waals surface area contributed by atoms with Gasteiger partial charge in [0.05, 0.1) is 13.2 Å². The van der Waals surface area contributed by atoms with Gasteiger partial charge in [0.15, 0.2) is 0 Å². The van der Waals surface area contributed by atoms with E-state index < -0.39 is 0 Å². The molecule has 1 saturated heterocycles. The molecule has 0 spiro atoms. The first kappa shape index (κ1) is 11.4. The van der Waals surface area contributed by atoms with Crippen LogP contribution in [0.2, 0.25) is 0 Å².